The Morgan fingerprint density at radius 3 is 1.27 bits per heavy atom. The van der Waals surface area contributed by atoms with Crippen LogP contribution in [0, 0.1) is 0 Å². The van der Waals surface area contributed by atoms with E-state index in [2.05, 4.69) is 18.1 Å². The van der Waals surface area contributed by atoms with Crippen LogP contribution in [0.3, 0.4) is 0 Å². The second-order valence-corrected chi connectivity index (χ2v) is 16.1. The van der Waals surface area contributed by atoms with Crippen LogP contribution in [0.25, 0.3) is 0 Å². The second kappa shape index (κ2) is 28.8. The van der Waals surface area contributed by atoms with Crippen molar-refractivity contribution in [2.45, 2.75) is 38.4 Å². The quantitative estimate of drug-likeness (QED) is 0.115. The molecule has 0 saturated heterocycles. The van der Waals surface area contributed by atoms with E-state index >= 15 is 0 Å². The maximum atomic E-state index is 14.5. The SMILES string of the molecule is C=CCOc1c2cc(C3(c4cc5c(OCC=C)c(c4)COCCOCCOCCOCCOC5)OC(=O)c4ccc(OCCCN(C)C)cc43)cc1COCCOCCOCCOCCOC2. The van der Waals surface area contributed by atoms with Crippen molar-refractivity contribution in [3.8, 4) is 17.2 Å². The molecule has 0 amide bonds. The van der Waals surface area contributed by atoms with Gasteiger partial charge in [-0.25, -0.2) is 4.79 Å². The molecule has 0 aliphatic carbocycles. The summed E-state index contributed by atoms with van der Waals surface area (Å²) in [4.78, 5) is 16.6. The molecule has 0 N–H and O–H groups in total. The van der Waals surface area contributed by atoms with E-state index < -0.39 is 11.6 Å². The molecule has 0 fully saturated rings. The number of hydrogen-bond acceptors (Lipinski definition) is 16. The van der Waals surface area contributed by atoms with Crippen molar-refractivity contribution in [2.24, 2.45) is 0 Å². The number of cyclic esters (lactones) is 1. The van der Waals surface area contributed by atoms with E-state index in [0.717, 1.165) is 13.0 Å². The minimum atomic E-state index is -1.55. The van der Waals surface area contributed by atoms with Crippen LogP contribution >= 0.6 is 0 Å². The average molecular weight is 936 g/mol. The van der Waals surface area contributed by atoms with E-state index in [1.54, 1.807) is 18.2 Å². The van der Waals surface area contributed by atoms with E-state index in [4.69, 9.17) is 66.3 Å². The number of carbonyl (C=O) groups excluding carboxylic acids is 1. The Bertz CT molecular complexity index is 1820. The second-order valence-electron chi connectivity index (χ2n) is 16.1. The number of hydrogen-bond donors (Lipinski definition) is 0. The number of rotatable bonds is 13. The molecule has 0 spiro atoms. The van der Waals surface area contributed by atoms with E-state index in [9.17, 15) is 4.79 Å². The Kier molecular flexibility index (Phi) is 22.3. The van der Waals surface area contributed by atoms with E-state index in [-0.39, 0.29) is 39.6 Å². The topological polar surface area (TPSA) is 150 Å². The van der Waals surface area contributed by atoms with Crippen molar-refractivity contribution < 1.29 is 71.1 Å². The zero-order chi connectivity index (χ0) is 46.9. The lowest BCUT2D eigenvalue weighted by atomic mass is 9.77. The first-order valence-electron chi connectivity index (χ1n) is 23.2. The van der Waals surface area contributed by atoms with Gasteiger partial charge in [0.05, 0.1) is 144 Å². The van der Waals surface area contributed by atoms with Gasteiger partial charge in [-0.15, -0.1) is 0 Å². The van der Waals surface area contributed by atoms with E-state index in [1.807, 2.05) is 50.5 Å². The van der Waals surface area contributed by atoms with Crippen LogP contribution < -0.4 is 14.2 Å². The standard InChI is InChI=1S/C51H69NO15/c1-5-11-65-48-39-30-43(31-40(48)36-61-27-23-57-19-15-54-14-18-56-22-26-60-35-39)51(47-34-45(64-13-7-10-52(3)4)8-9-46(47)50(53)67-51)44-32-41-37-62-28-24-58-20-16-55-17-21-59-25-29-63-38-42(33-44)49(41)66-12-6-2/h5-6,8-9,30-34H,1-2,7,10-29,35-38H2,3-4H3. The van der Waals surface area contributed by atoms with Gasteiger partial charge in [0.25, 0.3) is 0 Å². The summed E-state index contributed by atoms with van der Waals surface area (Å²) < 4.78 is 85.6. The van der Waals surface area contributed by atoms with Gasteiger partial charge in [0, 0.05) is 45.5 Å². The summed E-state index contributed by atoms with van der Waals surface area (Å²) in [5, 5.41) is 0. The minimum Gasteiger partial charge on any atom is -0.494 e. The lowest BCUT2D eigenvalue weighted by Gasteiger charge is -2.33. The Morgan fingerprint density at radius 1 is 0.537 bits per heavy atom. The summed E-state index contributed by atoms with van der Waals surface area (Å²) in [6, 6.07) is 13.4. The molecule has 3 aliphatic rings. The highest BCUT2D eigenvalue weighted by Crippen LogP contribution is 2.51. The molecule has 0 radical (unpaired) electrons. The molecule has 67 heavy (non-hydrogen) atoms. The third-order valence-electron chi connectivity index (χ3n) is 10.9. The van der Waals surface area contributed by atoms with Gasteiger partial charge in [0.1, 0.15) is 30.5 Å². The van der Waals surface area contributed by atoms with Gasteiger partial charge in [-0.1, -0.05) is 25.3 Å². The van der Waals surface area contributed by atoms with Gasteiger partial charge >= 0.3 is 5.97 Å². The maximum Gasteiger partial charge on any atom is 0.340 e. The van der Waals surface area contributed by atoms with Crippen LogP contribution in [0.15, 0.2) is 67.8 Å². The molecule has 0 atom stereocenters. The first kappa shape index (κ1) is 52.0. The molecular weight excluding hydrogens is 867 g/mol. The normalized spacial score (nSPS) is 18.8. The van der Waals surface area contributed by atoms with Crippen LogP contribution in [0.5, 0.6) is 17.2 Å². The number of fused-ring (bicyclic) bond motifs is 5. The van der Waals surface area contributed by atoms with Gasteiger partial charge in [-0.05, 0) is 63.0 Å². The molecule has 0 unspecified atom stereocenters. The molecule has 4 bridgehead atoms. The van der Waals surface area contributed by atoms with Gasteiger partial charge < -0.3 is 71.2 Å². The Hall–Kier alpha value is -4.43. The number of carbonyl (C=O) groups is 1. The third-order valence-corrected chi connectivity index (χ3v) is 10.9. The summed E-state index contributed by atoms with van der Waals surface area (Å²) >= 11 is 0. The molecule has 16 nitrogen and oxygen atoms in total. The first-order valence-corrected chi connectivity index (χ1v) is 23.2. The molecular formula is C51H69NO15. The Balaban J connectivity index is 1.54. The summed E-state index contributed by atoms with van der Waals surface area (Å²) in [5.74, 6) is 1.24. The highest BCUT2D eigenvalue weighted by Gasteiger charge is 2.50. The van der Waals surface area contributed by atoms with Crippen molar-refractivity contribution in [1.29, 1.82) is 0 Å². The molecule has 16 heteroatoms. The monoisotopic (exact) mass is 935 g/mol. The van der Waals surface area contributed by atoms with Gasteiger partial charge in [0.15, 0.2) is 5.60 Å². The molecule has 368 valence electrons. The van der Waals surface area contributed by atoms with Crippen molar-refractivity contribution >= 4 is 5.97 Å². The third kappa shape index (κ3) is 15.5. The van der Waals surface area contributed by atoms with Crippen LogP contribution in [0.2, 0.25) is 0 Å². The zero-order valence-electron chi connectivity index (χ0n) is 39.4. The van der Waals surface area contributed by atoms with Crippen LogP contribution in [0.1, 0.15) is 55.7 Å². The predicted octanol–water partition coefficient (Wildman–Crippen LogP) is 5.80. The number of benzene rings is 3. The van der Waals surface area contributed by atoms with Crippen molar-refractivity contribution in [3.05, 3.63) is 112 Å². The molecule has 3 heterocycles. The molecule has 0 saturated carbocycles. The summed E-state index contributed by atoms with van der Waals surface area (Å²) in [6.07, 6.45) is 4.18. The van der Waals surface area contributed by atoms with Crippen molar-refractivity contribution in [2.75, 3.05) is 146 Å². The van der Waals surface area contributed by atoms with E-state index in [0.29, 0.717) is 174 Å². The fourth-order valence-electron chi connectivity index (χ4n) is 7.78. The fourth-order valence-corrected chi connectivity index (χ4v) is 7.78. The van der Waals surface area contributed by atoms with Crippen LogP contribution in [-0.2, 0) is 84.1 Å². The zero-order valence-corrected chi connectivity index (χ0v) is 39.4. The summed E-state index contributed by atoms with van der Waals surface area (Å²) in [7, 11) is 4.05. The predicted molar refractivity (Wildman–Crippen MR) is 248 cm³/mol. The molecule has 3 aliphatic heterocycles. The largest absolute Gasteiger partial charge is 0.494 e. The number of nitrogens with zero attached hydrogens (tertiary/aromatic N) is 1. The van der Waals surface area contributed by atoms with Gasteiger partial charge in [-0.2, -0.15) is 0 Å². The van der Waals surface area contributed by atoms with Gasteiger partial charge in [0.2, 0.25) is 0 Å². The van der Waals surface area contributed by atoms with Gasteiger partial charge in [-0.3, -0.25) is 0 Å². The molecule has 6 rings (SSSR count). The summed E-state index contributed by atoms with van der Waals surface area (Å²) in [5.41, 5.74) is 3.51. The number of ether oxygens (including phenoxy) is 14. The lowest BCUT2D eigenvalue weighted by molar-refractivity contribution is -0.0150. The fraction of sp³-hybridized carbons (Fsp3) is 0.549. The van der Waals surface area contributed by atoms with Crippen LogP contribution in [-0.4, -0.2) is 157 Å². The molecule has 3 aromatic carbocycles. The molecule has 3 aromatic rings. The lowest BCUT2D eigenvalue weighted by Crippen LogP contribution is -2.31. The van der Waals surface area contributed by atoms with Crippen molar-refractivity contribution in [1.82, 2.24) is 4.90 Å². The van der Waals surface area contributed by atoms with E-state index in [1.165, 1.54) is 0 Å². The molecule has 0 aromatic heterocycles. The van der Waals surface area contributed by atoms with Crippen LogP contribution in [0.4, 0.5) is 0 Å². The number of esters is 1. The summed E-state index contributed by atoms with van der Waals surface area (Å²) in [6.45, 7) is 16.3. The maximum absolute atomic E-state index is 14.5. The highest BCUT2D eigenvalue weighted by molar-refractivity contribution is 5.96. The minimum absolute atomic E-state index is 0.144. The highest BCUT2D eigenvalue weighted by atomic mass is 16.6. The Labute approximate surface area is 395 Å². The van der Waals surface area contributed by atoms with Crippen molar-refractivity contribution in [3.63, 3.8) is 0 Å². The smallest absolute Gasteiger partial charge is 0.340 e. The average Bonchev–Trinajstić information content (AvgIpc) is 3.62. The first-order chi connectivity index (χ1) is 32.9. The Morgan fingerprint density at radius 2 is 0.910 bits per heavy atom.